The lowest BCUT2D eigenvalue weighted by Gasteiger charge is -2.20. The molecule has 2 aromatic rings. The van der Waals surface area contributed by atoms with Crippen molar-refractivity contribution < 1.29 is 14.2 Å². The molecule has 1 aliphatic rings. The van der Waals surface area contributed by atoms with Crippen molar-refractivity contribution in [3.63, 3.8) is 0 Å². The molecule has 5 heteroatoms. The van der Waals surface area contributed by atoms with Crippen molar-refractivity contribution in [1.82, 2.24) is 0 Å². The van der Waals surface area contributed by atoms with Gasteiger partial charge in [-0.2, -0.15) is 0 Å². The van der Waals surface area contributed by atoms with Crippen LogP contribution in [0.3, 0.4) is 0 Å². The molecule has 0 radical (unpaired) electrons. The smallest absolute Gasteiger partial charge is 0.163 e. The largest absolute Gasteiger partial charge is 0.497 e. The molecule has 3 rings (SSSR count). The van der Waals surface area contributed by atoms with Gasteiger partial charge in [-0.05, 0) is 33.6 Å². The maximum absolute atomic E-state index is 5.60. The van der Waals surface area contributed by atoms with Crippen molar-refractivity contribution in [3.8, 4) is 17.2 Å². The number of ether oxygens (including phenoxy) is 3. The number of hydrogen-bond donors (Lipinski definition) is 1. The highest BCUT2D eigenvalue weighted by Gasteiger charge is 2.14. The molecular formula is C16H16BrNO3. The molecule has 1 aliphatic heterocycles. The molecule has 1 N–H and O–H groups in total. The Morgan fingerprint density at radius 3 is 2.67 bits per heavy atom. The van der Waals surface area contributed by atoms with Crippen LogP contribution in [-0.2, 0) is 6.54 Å². The zero-order valence-electron chi connectivity index (χ0n) is 11.7. The summed E-state index contributed by atoms with van der Waals surface area (Å²) in [6.07, 6.45) is 0. The summed E-state index contributed by atoms with van der Waals surface area (Å²) in [5.74, 6) is 2.41. The minimum absolute atomic E-state index is 0.587. The normalized spacial score (nSPS) is 12.9. The number of hydrogen-bond acceptors (Lipinski definition) is 4. The standard InChI is InChI=1S/C16H16BrNO3/c1-19-12-4-2-3-11(7-12)10-18-14-9-16-15(8-13(14)17)20-5-6-21-16/h2-4,7-9,18H,5-6,10H2,1H3. The first-order chi connectivity index (χ1) is 10.3. The van der Waals surface area contributed by atoms with Gasteiger partial charge in [0.15, 0.2) is 11.5 Å². The highest BCUT2D eigenvalue weighted by molar-refractivity contribution is 9.10. The molecule has 0 atom stereocenters. The number of halogens is 1. The summed E-state index contributed by atoms with van der Waals surface area (Å²) in [7, 11) is 1.67. The van der Waals surface area contributed by atoms with Crippen molar-refractivity contribution in [1.29, 1.82) is 0 Å². The zero-order chi connectivity index (χ0) is 14.7. The average molecular weight is 350 g/mol. The van der Waals surface area contributed by atoms with E-state index >= 15 is 0 Å². The zero-order valence-corrected chi connectivity index (χ0v) is 13.3. The van der Waals surface area contributed by atoms with Gasteiger partial charge in [-0.1, -0.05) is 12.1 Å². The van der Waals surface area contributed by atoms with Crippen LogP contribution < -0.4 is 19.5 Å². The van der Waals surface area contributed by atoms with Crippen LogP contribution in [-0.4, -0.2) is 20.3 Å². The summed E-state index contributed by atoms with van der Waals surface area (Å²) in [4.78, 5) is 0. The van der Waals surface area contributed by atoms with E-state index in [1.807, 2.05) is 30.3 Å². The van der Waals surface area contributed by atoms with Gasteiger partial charge in [-0.15, -0.1) is 0 Å². The van der Waals surface area contributed by atoms with E-state index in [9.17, 15) is 0 Å². The lowest BCUT2D eigenvalue weighted by molar-refractivity contribution is 0.171. The first-order valence-electron chi connectivity index (χ1n) is 6.72. The van der Waals surface area contributed by atoms with Crippen molar-refractivity contribution in [2.45, 2.75) is 6.54 Å². The van der Waals surface area contributed by atoms with E-state index in [1.165, 1.54) is 0 Å². The molecule has 21 heavy (non-hydrogen) atoms. The summed E-state index contributed by atoms with van der Waals surface area (Å²) < 4.78 is 17.3. The number of methoxy groups -OCH3 is 1. The van der Waals surface area contributed by atoms with Crippen LogP contribution in [0.1, 0.15) is 5.56 Å². The van der Waals surface area contributed by atoms with Gasteiger partial charge in [0, 0.05) is 23.2 Å². The number of rotatable bonds is 4. The molecule has 0 aliphatic carbocycles. The molecule has 0 spiro atoms. The van der Waals surface area contributed by atoms with Gasteiger partial charge in [0.1, 0.15) is 19.0 Å². The van der Waals surface area contributed by atoms with E-state index in [-0.39, 0.29) is 0 Å². The Balaban J connectivity index is 1.75. The van der Waals surface area contributed by atoms with Gasteiger partial charge in [0.05, 0.1) is 12.8 Å². The average Bonchev–Trinajstić information content (AvgIpc) is 2.53. The van der Waals surface area contributed by atoms with Crippen LogP contribution in [0, 0.1) is 0 Å². The molecule has 0 unspecified atom stereocenters. The number of nitrogens with one attached hydrogen (secondary N) is 1. The third-order valence-corrected chi connectivity index (χ3v) is 3.91. The van der Waals surface area contributed by atoms with E-state index in [0.717, 1.165) is 33.0 Å². The summed E-state index contributed by atoms with van der Waals surface area (Å²) in [5, 5.41) is 3.39. The molecule has 0 saturated heterocycles. The van der Waals surface area contributed by atoms with E-state index in [4.69, 9.17) is 14.2 Å². The topological polar surface area (TPSA) is 39.7 Å². The highest BCUT2D eigenvalue weighted by atomic mass is 79.9. The fraction of sp³-hybridized carbons (Fsp3) is 0.250. The molecule has 0 aromatic heterocycles. The van der Waals surface area contributed by atoms with Crippen LogP contribution in [0.15, 0.2) is 40.9 Å². The fourth-order valence-corrected chi connectivity index (χ4v) is 2.64. The van der Waals surface area contributed by atoms with E-state index in [1.54, 1.807) is 7.11 Å². The third kappa shape index (κ3) is 3.24. The molecule has 4 nitrogen and oxygen atoms in total. The predicted molar refractivity (Wildman–Crippen MR) is 85.5 cm³/mol. The van der Waals surface area contributed by atoms with Gasteiger partial charge < -0.3 is 19.5 Å². The van der Waals surface area contributed by atoms with E-state index < -0.39 is 0 Å². The monoisotopic (exact) mass is 349 g/mol. The first kappa shape index (κ1) is 14.1. The summed E-state index contributed by atoms with van der Waals surface area (Å²) in [6, 6.07) is 11.9. The maximum Gasteiger partial charge on any atom is 0.163 e. The highest BCUT2D eigenvalue weighted by Crippen LogP contribution is 2.38. The molecule has 110 valence electrons. The summed E-state index contributed by atoms with van der Waals surface area (Å²) >= 11 is 3.55. The first-order valence-corrected chi connectivity index (χ1v) is 7.51. The Bertz CT molecular complexity index is 645. The van der Waals surface area contributed by atoms with E-state index in [0.29, 0.717) is 19.8 Å². The van der Waals surface area contributed by atoms with Gasteiger partial charge in [0.25, 0.3) is 0 Å². The van der Waals surface area contributed by atoms with Crippen LogP contribution in [0.25, 0.3) is 0 Å². The molecule has 0 saturated carbocycles. The lowest BCUT2D eigenvalue weighted by Crippen LogP contribution is -2.15. The molecule has 0 amide bonds. The maximum atomic E-state index is 5.60. The SMILES string of the molecule is COc1cccc(CNc2cc3c(cc2Br)OCCO3)c1. The summed E-state index contributed by atoms with van der Waals surface area (Å²) in [6.45, 7) is 1.88. The molecular weight excluding hydrogens is 334 g/mol. The van der Waals surface area contributed by atoms with Gasteiger partial charge >= 0.3 is 0 Å². The lowest BCUT2D eigenvalue weighted by atomic mass is 10.2. The second-order valence-corrected chi connectivity index (χ2v) is 5.54. The van der Waals surface area contributed by atoms with Crippen molar-refractivity contribution in [2.24, 2.45) is 0 Å². The quantitative estimate of drug-likeness (QED) is 0.910. The van der Waals surface area contributed by atoms with Crippen LogP contribution >= 0.6 is 15.9 Å². The molecule has 0 bridgehead atoms. The Morgan fingerprint density at radius 1 is 1.14 bits per heavy atom. The second-order valence-electron chi connectivity index (χ2n) is 4.68. The Kier molecular flexibility index (Phi) is 4.20. The molecule has 1 heterocycles. The number of anilines is 1. The van der Waals surface area contributed by atoms with E-state index in [2.05, 4.69) is 27.3 Å². The number of fused-ring (bicyclic) bond motifs is 1. The Labute approximate surface area is 132 Å². The van der Waals surface area contributed by atoms with Gasteiger partial charge in [-0.25, -0.2) is 0 Å². The number of benzene rings is 2. The van der Waals surface area contributed by atoms with Crippen molar-refractivity contribution in [3.05, 3.63) is 46.4 Å². The molecule has 0 fully saturated rings. The van der Waals surface area contributed by atoms with Crippen LogP contribution in [0.2, 0.25) is 0 Å². The summed E-state index contributed by atoms with van der Waals surface area (Å²) in [5.41, 5.74) is 2.12. The Morgan fingerprint density at radius 2 is 1.90 bits per heavy atom. The van der Waals surface area contributed by atoms with Crippen LogP contribution in [0.5, 0.6) is 17.2 Å². The Hall–Kier alpha value is -1.88. The second kappa shape index (κ2) is 6.26. The molecule has 2 aromatic carbocycles. The van der Waals surface area contributed by atoms with Crippen molar-refractivity contribution in [2.75, 3.05) is 25.6 Å². The van der Waals surface area contributed by atoms with Gasteiger partial charge in [0.2, 0.25) is 0 Å². The predicted octanol–water partition coefficient (Wildman–Crippen LogP) is 3.84. The van der Waals surface area contributed by atoms with Crippen LogP contribution in [0.4, 0.5) is 5.69 Å². The van der Waals surface area contributed by atoms with Crippen molar-refractivity contribution >= 4 is 21.6 Å². The third-order valence-electron chi connectivity index (χ3n) is 3.25. The fourth-order valence-electron chi connectivity index (χ4n) is 2.18. The minimum atomic E-state index is 0.587. The van der Waals surface area contributed by atoms with Gasteiger partial charge in [-0.3, -0.25) is 0 Å². The minimum Gasteiger partial charge on any atom is -0.497 e.